The van der Waals surface area contributed by atoms with Crippen LogP contribution in [0.3, 0.4) is 0 Å². The molecule has 0 aliphatic heterocycles. The van der Waals surface area contributed by atoms with Crippen LogP contribution in [-0.2, 0) is 16.1 Å². The number of hydrogen-bond donors (Lipinski definition) is 2. The highest BCUT2D eigenvalue weighted by atomic mass is 16.5. The molecule has 0 saturated heterocycles. The van der Waals surface area contributed by atoms with Gasteiger partial charge in [0.15, 0.2) is 0 Å². The van der Waals surface area contributed by atoms with Gasteiger partial charge in [0.05, 0.1) is 0 Å². The molecule has 0 radical (unpaired) electrons. The number of rotatable bonds is 9. The molecular formula is C17H23NO4. The third-order valence-corrected chi connectivity index (χ3v) is 3.40. The van der Waals surface area contributed by atoms with Crippen LogP contribution in [0.4, 0.5) is 4.79 Å². The van der Waals surface area contributed by atoms with Gasteiger partial charge >= 0.3 is 12.1 Å². The number of unbranched alkanes of at least 4 members (excludes halogenated alkanes) is 2. The highest BCUT2D eigenvalue weighted by Crippen LogP contribution is 2.16. The molecule has 0 unspecified atom stereocenters. The number of carbonyl (C=O) groups is 2. The van der Waals surface area contributed by atoms with Crippen molar-refractivity contribution in [2.75, 3.05) is 0 Å². The Morgan fingerprint density at radius 2 is 2.00 bits per heavy atom. The highest BCUT2D eigenvalue weighted by Gasteiger charge is 2.34. The normalized spacial score (nSPS) is 13.0. The molecule has 1 atom stereocenters. The maximum absolute atomic E-state index is 11.8. The highest BCUT2D eigenvalue weighted by molar-refractivity contribution is 5.83. The van der Waals surface area contributed by atoms with Crippen LogP contribution in [0, 0.1) is 0 Å². The van der Waals surface area contributed by atoms with E-state index in [-0.39, 0.29) is 6.61 Å². The lowest BCUT2D eigenvalue weighted by Gasteiger charge is -2.25. The summed E-state index contributed by atoms with van der Waals surface area (Å²) in [7, 11) is 0. The molecule has 5 heteroatoms. The van der Waals surface area contributed by atoms with Crippen LogP contribution in [0.5, 0.6) is 0 Å². The van der Waals surface area contributed by atoms with E-state index in [1.807, 2.05) is 30.3 Å². The fourth-order valence-corrected chi connectivity index (χ4v) is 1.97. The second kappa shape index (κ2) is 8.87. The van der Waals surface area contributed by atoms with Gasteiger partial charge in [-0.25, -0.2) is 9.59 Å². The molecule has 0 saturated carbocycles. The summed E-state index contributed by atoms with van der Waals surface area (Å²) in [6.45, 7) is 5.23. The van der Waals surface area contributed by atoms with Crippen LogP contribution in [0.2, 0.25) is 0 Å². The van der Waals surface area contributed by atoms with E-state index in [4.69, 9.17) is 4.74 Å². The van der Waals surface area contributed by atoms with E-state index in [2.05, 4.69) is 11.9 Å². The lowest BCUT2D eigenvalue weighted by Crippen LogP contribution is -2.52. The van der Waals surface area contributed by atoms with Crippen LogP contribution in [0.25, 0.3) is 0 Å². The summed E-state index contributed by atoms with van der Waals surface area (Å²) in [6.07, 6.45) is 3.77. The summed E-state index contributed by atoms with van der Waals surface area (Å²) in [6, 6.07) is 9.22. The smallest absolute Gasteiger partial charge is 0.408 e. The lowest BCUT2D eigenvalue weighted by molar-refractivity contribution is -0.144. The molecule has 1 aromatic rings. The third kappa shape index (κ3) is 5.99. The fraction of sp³-hybridized carbons (Fsp3) is 0.412. The molecule has 120 valence electrons. The minimum atomic E-state index is -1.32. The SMILES string of the molecule is C=CCCCC[C@@](C)(NC(=O)OCc1ccccc1)C(=O)O. The molecule has 1 rings (SSSR count). The Kier molecular flexibility index (Phi) is 7.16. The van der Waals surface area contributed by atoms with Gasteiger partial charge in [0.25, 0.3) is 0 Å². The van der Waals surface area contributed by atoms with Crippen LogP contribution >= 0.6 is 0 Å². The number of benzene rings is 1. The second-order valence-electron chi connectivity index (χ2n) is 5.36. The molecule has 5 nitrogen and oxygen atoms in total. The van der Waals surface area contributed by atoms with Gasteiger partial charge in [0.2, 0.25) is 0 Å². The molecule has 0 aromatic heterocycles. The molecule has 0 spiro atoms. The van der Waals surface area contributed by atoms with Crippen molar-refractivity contribution in [1.82, 2.24) is 5.32 Å². The largest absolute Gasteiger partial charge is 0.480 e. The number of alkyl carbamates (subject to hydrolysis) is 1. The van der Waals surface area contributed by atoms with Gasteiger partial charge in [0.1, 0.15) is 12.1 Å². The zero-order chi connectivity index (χ0) is 16.4. The fourth-order valence-electron chi connectivity index (χ4n) is 1.97. The number of carboxylic acids is 1. The number of nitrogens with one attached hydrogen (secondary N) is 1. The Labute approximate surface area is 131 Å². The maximum Gasteiger partial charge on any atom is 0.408 e. The number of carboxylic acid groups (broad SMARTS) is 1. The van der Waals surface area contributed by atoms with Gasteiger partial charge in [-0.2, -0.15) is 0 Å². The summed E-state index contributed by atoms with van der Waals surface area (Å²) >= 11 is 0. The zero-order valence-electron chi connectivity index (χ0n) is 12.9. The first-order valence-corrected chi connectivity index (χ1v) is 7.31. The van der Waals surface area contributed by atoms with E-state index < -0.39 is 17.6 Å². The Balaban J connectivity index is 2.49. The number of hydrogen-bond acceptors (Lipinski definition) is 3. The van der Waals surface area contributed by atoms with Gasteiger partial charge in [-0.3, -0.25) is 0 Å². The first kappa shape index (κ1) is 17.8. The number of aliphatic carboxylic acids is 1. The summed E-state index contributed by atoms with van der Waals surface area (Å²) in [5.74, 6) is -1.07. The summed E-state index contributed by atoms with van der Waals surface area (Å²) in [5, 5.41) is 11.8. The van der Waals surface area contributed by atoms with Crippen molar-refractivity contribution in [3.63, 3.8) is 0 Å². The molecule has 0 fully saturated rings. The molecule has 1 amide bonds. The molecule has 0 heterocycles. The van der Waals surface area contributed by atoms with E-state index in [1.165, 1.54) is 6.92 Å². The van der Waals surface area contributed by atoms with Crippen molar-refractivity contribution < 1.29 is 19.4 Å². The Morgan fingerprint density at radius 1 is 1.32 bits per heavy atom. The van der Waals surface area contributed by atoms with E-state index in [9.17, 15) is 14.7 Å². The number of ether oxygens (including phenoxy) is 1. The quantitative estimate of drug-likeness (QED) is 0.541. The Bertz CT molecular complexity index is 501. The van der Waals surface area contributed by atoms with Gasteiger partial charge in [0, 0.05) is 0 Å². The van der Waals surface area contributed by atoms with Gasteiger partial charge in [-0.1, -0.05) is 42.8 Å². The Hall–Kier alpha value is -2.30. The molecule has 0 bridgehead atoms. The Morgan fingerprint density at radius 3 is 2.59 bits per heavy atom. The average Bonchev–Trinajstić information content (AvgIpc) is 2.50. The summed E-state index contributed by atoms with van der Waals surface area (Å²) in [4.78, 5) is 23.2. The molecule has 2 N–H and O–H groups in total. The van der Waals surface area contributed by atoms with Crippen molar-refractivity contribution in [2.45, 2.75) is 44.8 Å². The maximum atomic E-state index is 11.8. The first-order valence-electron chi connectivity index (χ1n) is 7.31. The zero-order valence-corrected chi connectivity index (χ0v) is 12.9. The predicted molar refractivity (Wildman–Crippen MR) is 84.5 cm³/mol. The van der Waals surface area contributed by atoms with Crippen molar-refractivity contribution in [2.24, 2.45) is 0 Å². The standard InChI is InChI=1S/C17H23NO4/c1-3-4-5-9-12-17(2,15(19)20)18-16(21)22-13-14-10-7-6-8-11-14/h3,6-8,10-11H,1,4-5,9,12-13H2,2H3,(H,18,21)(H,19,20)/t17-/m1/s1. The van der Waals surface area contributed by atoms with Crippen LogP contribution in [0.15, 0.2) is 43.0 Å². The summed E-state index contributed by atoms with van der Waals surface area (Å²) < 4.78 is 5.07. The third-order valence-electron chi connectivity index (χ3n) is 3.40. The average molecular weight is 305 g/mol. The minimum Gasteiger partial charge on any atom is -0.480 e. The van der Waals surface area contributed by atoms with E-state index in [1.54, 1.807) is 6.08 Å². The van der Waals surface area contributed by atoms with E-state index >= 15 is 0 Å². The predicted octanol–water partition coefficient (Wildman–Crippen LogP) is 3.50. The van der Waals surface area contributed by atoms with E-state index in [0.717, 1.165) is 18.4 Å². The van der Waals surface area contributed by atoms with Crippen molar-refractivity contribution in [1.29, 1.82) is 0 Å². The molecule has 0 aliphatic rings. The molecule has 0 aliphatic carbocycles. The van der Waals surface area contributed by atoms with Crippen LogP contribution < -0.4 is 5.32 Å². The topological polar surface area (TPSA) is 75.6 Å². The molecular weight excluding hydrogens is 282 g/mol. The van der Waals surface area contributed by atoms with Crippen molar-refractivity contribution in [3.8, 4) is 0 Å². The number of carbonyl (C=O) groups excluding carboxylic acids is 1. The second-order valence-corrected chi connectivity index (χ2v) is 5.36. The van der Waals surface area contributed by atoms with Gasteiger partial charge in [-0.15, -0.1) is 6.58 Å². The number of allylic oxidation sites excluding steroid dienone is 1. The van der Waals surface area contributed by atoms with Gasteiger partial charge < -0.3 is 15.2 Å². The number of amides is 1. The lowest BCUT2D eigenvalue weighted by atomic mass is 9.94. The van der Waals surface area contributed by atoms with Crippen LogP contribution in [-0.4, -0.2) is 22.7 Å². The van der Waals surface area contributed by atoms with Gasteiger partial charge in [-0.05, 0) is 31.7 Å². The summed E-state index contributed by atoms with van der Waals surface area (Å²) in [5.41, 5.74) is -0.477. The first-order chi connectivity index (χ1) is 10.5. The monoisotopic (exact) mass is 305 g/mol. The van der Waals surface area contributed by atoms with Crippen molar-refractivity contribution in [3.05, 3.63) is 48.6 Å². The minimum absolute atomic E-state index is 0.110. The molecule has 22 heavy (non-hydrogen) atoms. The molecule has 1 aromatic carbocycles. The van der Waals surface area contributed by atoms with E-state index in [0.29, 0.717) is 12.8 Å². The van der Waals surface area contributed by atoms with Crippen LogP contribution in [0.1, 0.15) is 38.2 Å². The van der Waals surface area contributed by atoms with Crippen molar-refractivity contribution >= 4 is 12.1 Å².